The van der Waals surface area contributed by atoms with Crippen LogP contribution in [0.25, 0.3) is 0 Å². The number of carbonyl (C=O) groups is 1. The highest BCUT2D eigenvalue weighted by molar-refractivity contribution is 5.79. The van der Waals surface area contributed by atoms with Gasteiger partial charge >= 0.3 is 6.18 Å². The Morgan fingerprint density at radius 2 is 1.93 bits per heavy atom. The zero-order valence-corrected chi connectivity index (χ0v) is 7.89. The smallest absolute Gasteiger partial charge is 0.374 e. The van der Waals surface area contributed by atoms with Crippen molar-refractivity contribution in [1.29, 1.82) is 0 Å². The first-order chi connectivity index (χ1) is 6.45. The fourth-order valence-electron chi connectivity index (χ4n) is 0.662. The van der Waals surface area contributed by atoms with Crippen LogP contribution >= 0.6 is 0 Å². The predicted octanol–water partition coefficient (Wildman–Crippen LogP) is 1.56. The quantitative estimate of drug-likeness (QED) is 0.603. The first-order valence-corrected chi connectivity index (χ1v) is 4.19. The fourth-order valence-corrected chi connectivity index (χ4v) is 0.662. The van der Waals surface area contributed by atoms with E-state index in [2.05, 4.69) is 4.74 Å². The summed E-state index contributed by atoms with van der Waals surface area (Å²) >= 11 is 0. The largest absolute Gasteiger partial charge is 0.411 e. The van der Waals surface area contributed by atoms with Gasteiger partial charge in [0.2, 0.25) is 0 Å². The van der Waals surface area contributed by atoms with Crippen LogP contribution < -0.4 is 0 Å². The van der Waals surface area contributed by atoms with Crippen molar-refractivity contribution in [2.24, 2.45) is 0 Å². The Labute approximate surface area is 80.2 Å². The van der Waals surface area contributed by atoms with Crippen molar-refractivity contribution < 1.29 is 27.4 Å². The molecule has 0 fully saturated rings. The third kappa shape index (κ3) is 9.47. The van der Waals surface area contributed by atoms with Crippen LogP contribution in [0.5, 0.6) is 0 Å². The molecular weight excluding hydrogens is 201 g/mol. The number of ketones is 1. The van der Waals surface area contributed by atoms with Crippen LogP contribution in [0.4, 0.5) is 13.2 Å². The molecule has 0 aromatic heterocycles. The average Bonchev–Trinajstić information content (AvgIpc) is 2.07. The Balaban J connectivity index is 3.32. The van der Waals surface area contributed by atoms with E-state index in [1.54, 1.807) is 6.92 Å². The Kier molecular flexibility index (Phi) is 6.48. The monoisotopic (exact) mass is 214 g/mol. The van der Waals surface area contributed by atoms with Gasteiger partial charge < -0.3 is 9.47 Å². The van der Waals surface area contributed by atoms with Crippen molar-refractivity contribution in [3.8, 4) is 0 Å². The Morgan fingerprint density at radius 1 is 1.29 bits per heavy atom. The lowest BCUT2D eigenvalue weighted by molar-refractivity contribution is -0.174. The van der Waals surface area contributed by atoms with Crippen LogP contribution in [0.2, 0.25) is 0 Å². The molecule has 0 aliphatic carbocycles. The van der Waals surface area contributed by atoms with Gasteiger partial charge in [0.15, 0.2) is 5.78 Å². The van der Waals surface area contributed by atoms with Gasteiger partial charge in [0.1, 0.15) is 13.2 Å². The zero-order chi connectivity index (χ0) is 11.0. The van der Waals surface area contributed by atoms with E-state index >= 15 is 0 Å². The average molecular weight is 214 g/mol. The maximum Gasteiger partial charge on any atom is 0.411 e. The molecule has 0 saturated carbocycles. The van der Waals surface area contributed by atoms with Crippen LogP contribution in [0, 0.1) is 0 Å². The molecule has 3 nitrogen and oxygen atoms in total. The van der Waals surface area contributed by atoms with E-state index in [9.17, 15) is 18.0 Å². The standard InChI is InChI=1S/C8H13F3O3/c1-2-13-5-7(12)3-4-14-6-8(9,10)11/h2-6H2,1H3. The van der Waals surface area contributed by atoms with E-state index in [0.717, 1.165) is 0 Å². The van der Waals surface area contributed by atoms with Gasteiger partial charge in [-0.05, 0) is 6.92 Å². The topological polar surface area (TPSA) is 35.5 Å². The second-order valence-electron chi connectivity index (χ2n) is 2.59. The van der Waals surface area contributed by atoms with Gasteiger partial charge in [0, 0.05) is 13.0 Å². The first kappa shape index (κ1) is 13.4. The molecule has 0 radical (unpaired) electrons. The minimum atomic E-state index is -4.33. The Morgan fingerprint density at radius 3 is 2.43 bits per heavy atom. The van der Waals surface area contributed by atoms with Crippen LogP contribution in [-0.2, 0) is 14.3 Å². The molecule has 0 aliphatic heterocycles. The van der Waals surface area contributed by atoms with Gasteiger partial charge in [-0.15, -0.1) is 0 Å². The number of alkyl halides is 3. The maximum atomic E-state index is 11.5. The van der Waals surface area contributed by atoms with Crippen molar-refractivity contribution in [3.05, 3.63) is 0 Å². The second-order valence-corrected chi connectivity index (χ2v) is 2.59. The van der Waals surface area contributed by atoms with E-state index in [1.807, 2.05) is 0 Å². The van der Waals surface area contributed by atoms with Gasteiger partial charge in [-0.25, -0.2) is 0 Å². The molecule has 0 aromatic carbocycles. The number of ether oxygens (including phenoxy) is 2. The number of halogens is 3. The molecule has 84 valence electrons. The number of hydrogen-bond acceptors (Lipinski definition) is 3. The van der Waals surface area contributed by atoms with Crippen LogP contribution in [0.3, 0.4) is 0 Å². The van der Waals surface area contributed by atoms with E-state index in [4.69, 9.17) is 4.74 Å². The SMILES string of the molecule is CCOCC(=O)CCOCC(F)(F)F. The molecule has 0 atom stereocenters. The molecule has 0 N–H and O–H groups in total. The highest BCUT2D eigenvalue weighted by Crippen LogP contribution is 2.14. The minimum Gasteiger partial charge on any atom is -0.374 e. The Hall–Kier alpha value is -0.620. The summed E-state index contributed by atoms with van der Waals surface area (Å²) < 4.78 is 43.7. The normalized spacial score (nSPS) is 11.7. The highest BCUT2D eigenvalue weighted by Gasteiger charge is 2.27. The minimum absolute atomic E-state index is 0.0456. The third-order valence-corrected chi connectivity index (χ3v) is 1.26. The molecular formula is C8H13F3O3. The van der Waals surface area contributed by atoms with E-state index in [0.29, 0.717) is 6.61 Å². The van der Waals surface area contributed by atoms with Crippen molar-refractivity contribution in [2.75, 3.05) is 26.4 Å². The molecule has 6 heteroatoms. The van der Waals surface area contributed by atoms with Gasteiger partial charge in [0.25, 0.3) is 0 Å². The van der Waals surface area contributed by atoms with E-state index in [1.165, 1.54) is 0 Å². The first-order valence-electron chi connectivity index (χ1n) is 4.19. The molecule has 0 aliphatic rings. The summed E-state index contributed by atoms with van der Waals surface area (Å²) in [5, 5.41) is 0. The summed E-state index contributed by atoms with van der Waals surface area (Å²) in [6.07, 6.45) is -4.38. The zero-order valence-electron chi connectivity index (χ0n) is 7.89. The van der Waals surface area contributed by atoms with Gasteiger partial charge in [0.05, 0.1) is 6.61 Å². The molecule has 14 heavy (non-hydrogen) atoms. The van der Waals surface area contributed by atoms with Gasteiger partial charge in [-0.1, -0.05) is 0 Å². The summed E-state index contributed by atoms with van der Waals surface area (Å²) in [5.41, 5.74) is 0. The maximum absolute atomic E-state index is 11.5. The summed E-state index contributed by atoms with van der Waals surface area (Å²) in [6, 6.07) is 0. The molecule has 0 rings (SSSR count). The van der Waals surface area contributed by atoms with Crippen molar-refractivity contribution in [2.45, 2.75) is 19.5 Å². The molecule has 0 amide bonds. The summed E-state index contributed by atoms with van der Waals surface area (Å²) in [6.45, 7) is 0.550. The van der Waals surface area contributed by atoms with Crippen molar-refractivity contribution in [3.63, 3.8) is 0 Å². The molecule has 0 aromatic rings. The van der Waals surface area contributed by atoms with Crippen LogP contribution in [-0.4, -0.2) is 38.4 Å². The van der Waals surface area contributed by atoms with Crippen LogP contribution in [0.1, 0.15) is 13.3 Å². The molecule has 0 bridgehead atoms. The molecule has 0 unspecified atom stereocenters. The van der Waals surface area contributed by atoms with E-state index < -0.39 is 12.8 Å². The highest BCUT2D eigenvalue weighted by atomic mass is 19.4. The lowest BCUT2D eigenvalue weighted by Gasteiger charge is -2.06. The van der Waals surface area contributed by atoms with E-state index in [-0.39, 0.29) is 25.4 Å². The summed E-state index contributed by atoms with van der Waals surface area (Å²) in [4.78, 5) is 10.8. The van der Waals surface area contributed by atoms with Gasteiger partial charge in [-0.3, -0.25) is 4.79 Å². The summed E-state index contributed by atoms with van der Waals surface area (Å²) in [7, 11) is 0. The molecule has 0 heterocycles. The van der Waals surface area contributed by atoms with Gasteiger partial charge in [-0.2, -0.15) is 13.2 Å². The molecule has 0 spiro atoms. The second kappa shape index (κ2) is 6.78. The van der Waals surface area contributed by atoms with Crippen molar-refractivity contribution >= 4 is 5.78 Å². The Bertz CT molecular complexity index is 168. The lowest BCUT2D eigenvalue weighted by Crippen LogP contribution is -2.19. The lowest BCUT2D eigenvalue weighted by atomic mass is 10.3. The number of rotatable bonds is 7. The van der Waals surface area contributed by atoms with Crippen LogP contribution in [0.15, 0.2) is 0 Å². The molecule has 0 saturated heterocycles. The number of Topliss-reactive ketones (excluding diaryl/α,β-unsaturated/α-hetero) is 1. The third-order valence-electron chi connectivity index (χ3n) is 1.26. The predicted molar refractivity (Wildman–Crippen MR) is 43.0 cm³/mol. The summed E-state index contributed by atoms with van der Waals surface area (Å²) in [5.74, 6) is -0.256. The fraction of sp³-hybridized carbons (Fsp3) is 0.875. The number of carbonyl (C=O) groups excluding carboxylic acids is 1. The number of hydrogen-bond donors (Lipinski definition) is 0. The van der Waals surface area contributed by atoms with Crippen molar-refractivity contribution in [1.82, 2.24) is 0 Å².